The maximum absolute atomic E-state index is 5.65. The first kappa shape index (κ1) is 11.1. The maximum Gasteiger partial charge on any atom is 0.258 e. The van der Waals surface area contributed by atoms with Gasteiger partial charge in [0.1, 0.15) is 0 Å². The molecule has 3 nitrogen and oxygen atoms in total. The van der Waals surface area contributed by atoms with Crippen molar-refractivity contribution in [1.29, 1.82) is 0 Å². The van der Waals surface area contributed by atoms with E-state index in [1.54, 1.807) is 0 Å². The number of hydrogen-bond donors (Lipinski definition) is 0. The third-order valence-electron chi connectivity index (χ3n) is 2.48. The van der Waals surface area contributed by atoms with Crippen LogP contribution in [0.3, 0.4) is 0 Å². The highest BCUT2D eigenvalue weighted by Crippen LogP contribution is 2.26. The molecule has 0 amide bonds. The van der Waals surface area contributed by atoms with Crippen LogP contribution in [0.2, 0.25) is 0 Å². The highest BCUT2D eigenvalue weighted by molar-refractivity contribution is 6.16. The van der Waals surface area contributed by atoms with Crippen molar-refractivity contribution in [3.05, 3.63) is 34.6 Å². The van der Waals surface area contributed by atoms with Crippen molar-refractivity contribution in [3.63, 3.8) is 0 Å². The van der Waals surface area contributed by atoms with E-state index in [1.807, 2.05) is 13.8 Å². The van der Waals surface area contributed by atoms with Crippen LogP contribution >= 0.6 is 11.6 Å². The molecule has 2 rings (SSSR count). The molecular formula is C12H13ClN2O. The summed E-state index contributed by atoms with van der Waals surface area (Å²) < 4.78 is 5.20. The minimum Gasteiger partial charge on any atom is -0.334 e. The number of nitrogens with zero attached hydrogens (tertiary/aromatic N) is 2. The lowest BCUT2D eigenvalue weighted by atomic mass is 10.00. The Bertz CT molecular complexity index is 496. The van der Waals surface area contributed by atoms with E-state index in [4.69, 9.17) is 16.1 Å². The molecule has 0 saturated heterocycles. The molecule has 0 radical (unpaired) electrons. The predicted molar refractivity (Wildman–Crippen MR) is 63.5 cm³/mol. The van der Waals surface area contributed by atoms with Crippen LogP contribution in [0, 0.1) is 20.8 Å². The van der Waals surface area contributed by atoms with Crippen molar-refractivity contribution in [2.24, 2.45) is 0 Å². The highest BCUT2D eigenvalue weighted by atomic mass is 35.5. The zero-order chi connectivity index (χ0) is 11.7. The summed E-state index contributed by atoms with van der Waals surface area (Å²) in [5.41, 5.74) is 4.52. The van der Waals surface area contributed by atoms with Gasteiger partial charge in [0, 0.05) is 5.56 Å². The van der Waals surface area contributed by atoms with Crippen LogP contribution in [0.25, 0.3) is 11.5 Å². The fourth-order valence-corrected chi connectivity index (χ4v) is 2.04. The van der Waals surface area contributed by atoms with Gasteiger partial charge in [-0.25, -0.2) is 0 Å². The number of halogens is 1. The molecule has 4 heteroatoms. The molecule has 0 saturated carbocycles. The van der Waals surface area contributed by atoms with E-state index < -0.39 is 0 Å². The van der Waals surface area contributed by atoms with E-state index in [0.717, 1.165) is 16.7 Å². The average Bonchev–Trinajstić information content (AvgIpc) is 2.64. The van der Waals surface area contributed by atoms with Gasteiger partial charge in [-0.05, 0) is 31.9 Å². The molecular weight excluding hydrogens is 224 g/mol. The quantitative estimate of drug-likeness (QED) is 0.751. The second kappa shape index (κ2) is 4.26. The Balaban J connectivity index is 2.55. The molecule has 2 aromatic rings. The van der Waals surface area contributed by atoms with Gasteiger partial charge in [-0.15, -0.1) is 11.6 Å². The summed E-state index contributed by atoms with van der Waals surface area (Å²) in [6.45, 7) is 6.15. The van der Waals surface area contributed by atoms with E-state index >= 15 is 0 Å². The molecule has 0 aliphatic rings. The van der Waals surface area contributed by atoms with Crippen LogP contribution in [0.1, 0.15) is 22.5 Å². The van der Waals surface area contributed by atoms with Crippen LogP contribution in [0.5, 0.6) is 0 Å². The standard InChI is InChI=1S/C12H13ClN2O/c1-7-4-8(2)11(9(3)5-7)12-14-10(6-13)15-16-12/h4-5H,6H2,1-3H3. The minimum atomic E-state index is 0.271. The number of aryl methyl sites for hydroxylation is 3. The molecule has 0 aliphatic heterocycles. The first-order chi connectivity index (χ1) is 7.61. The summed E-state index contributed by atoms with van der Waals surface area (Å²) in [4.78, 5) is 4.24. The van der Waals surface area contributed by atoms with E-state index in [9.17, 15) is 0 Å². The second-order valence-corrected chi connectivity index (χ2v) is 4.19. The monoisotopic (exact) mass is 236 g/mol. The lowest BCUT2D eigenvalue weighted by Gasteiger charge is -2.06. The van der Waals surface area contributed by atoms with E-state index in [2.05, 4.69) is 29.2 Å². The fraction of sp³-hybridized carbons (Fsp3) is 0.333. The van der Waals surface area contributed by atoms with E-state index in [0.29, 0.717) is 11.7 Å². The van der Waals surface area contributed by atoms with Gasteiger partial charge in [-0.3, -0.25) is 0 Å². The van der Waals surface area contributed by atoms with Crippen molar-refractivity contribution in [1.82, 2.24) is 10.1 Å². The van der Waals surface area contributed by atoms with Gasteiger partial charge in [0.2, 0.25) is 0 Å². The maximum atomic E-state index is 5.65. The van der Waals surface area contributed by atoms with Crippen LogP contribution < -0.4 is 0 Å². The third-order valence-corrected chi connectivity index (χ3v) is 2.72. The summed E-state index contributed by atoms with van der Waals surface area (Å²) in [5, 5.41) is 3.80. The Hall–Kier alpha value is -1.35. The number of aromatic nitrogens is 2. The molecule has 0 fully saturated rings. The molecule has 0 atom stereocenters. The molecule has 0 bridgehead atoms. The van der Waals surface area contributed by atoms with Gasteiger partial charge < -0.3 is 4.52 Å². The Morgan fingerprint density at radius 3 is 2.31 bits per heavy atom. The third kappa shape index (κ3) is 1.95. The Morgan fingerprint density at radius 1 is 1.19 bits per heavy atom. The SMILES string of the molecule is Cc1cc(C)c(-c2nc(CCl)no2)c(C)c1. The molecule has 1 aromatic carbocycles. The summed E-state index contributed by atoms with van der Waals surface area (Å²) in [6.07, 6.45) is 0. The molecule has 0 spiro atoms. The van der Waals surface area contributed by atoms with Gasteiger partial charge in [0.15, 0.2) is 5.82 Å². The number of hydrogen-bond acceptors (Lipinski definition) is 3. The van der Waals surface area contributed by atoms with Crippen molar-refractivity contribution in [2.75, 3.05) is 0 Å². The number of rotatable bonds is 2. The van der Waals surface area contributed by atoms with Gasteiger partial charge in [0.25, 0.3) is 5.89 Å². The molecule has 0 aliphatic carbocycles. The zero-order valence-corrected chi connectivity index (χ0v) is 10.3. The van der Waals surface area contributed by atoms with Gasteiger partial charge >= 0.3 is 0 Å². The fourth-order valence-electron chi connectivity index (χ4n) is 1.93. The van der Waals surface area contributed by atoms with Gasteiger partial charge in [0.05, 0.1) is 5.88 Å². The van der Waals surface area contributed by atoms with E-state index in [-0.39, 0.29) is 5.88 Å². The largest absolute Gasteiger partial charge is 0.334 e. The molecule has 84 valence electrons. The Kier molecular flexibility index (Phi) is 2.97. The molecule has 1 heterocycles. The van der Waals surface area contributed by atoms with Crippen molar-refractivity contribution in [3.8, 4) is 11.5 Å². The summed E-state index contributed by atoms with van der Waals surface area (Å²) in [5.74, 6) is 1.34. The Morgan fingerprint density at radius 2 is 1.81 bits per heavy atom. The lowest BCUT2D eigenvalue weighted by Crippen LogP contribution is -1.90. The molecule has 0 N–H and O–H groups in total. The topological polar surface area (TPSA) is 38.9 Å². The second-order valence-electron chi connectivity index (χ2n) is 3.92. The molecule has 16 heavy (non-hydrogen) atoms. The van der Waals surface area contributed by atoms with Gasteiger partial charge in [-0.1, -0.05) is 22.9 Å². The minimum absolute atomic E-state index is 0.271. The average molecular weight is 237 g/mol. The summed E-state index contributed by atoms with van der Waals surface area (Å²) in [6, 6.07) is 4.21. The van der Waals surface area contributed by atoms with Crippen molar-refractivity contribution in [2.45, 2.75) is 26.7 Å². The van der Waals surface area contributed by atoms with Crippen LogP contribution in [-0.4, -0.2) is 10.1 Å². The first-order valence-electron chi connectivity index (χ1n) is 5.08. The summed E-state index contributed by atoms with van der Waals surface area (Å²) in [7, 11) is 0. The highest BCUT2D eigenvalue weighted by Gasteiger charge is 2.13. The normalized spacial score (nSPS) is 10.8. The van der Waals surface area contributed by atoms with Crippen molar-refractivity contribution < 1.29 is 4.52 Å². The van der Waals surface area contributed by atoms with Gasteiger partial charge in [-0.2, -0.15) is 4.98 Å². The lowest BCUT2D eigenvalue weighted by molar-refractivity contribution is 0.424. The molecule has 1 aromatic heterocycles. The van der Waals surface area contributed by atoms with Crippen molar-refractivity contribution >= 4 is 11.6 Å². The Labute approximate surface area is 99.4 Å². The summed E-state index contributed by atoms with van der Waals surface area (Å²) >= 11 is 5.65. The molecule has 0 unspecified atom stereocenters. The number of alkyl halides is 1. The van der Waals surface area contributed by atoms with Crippen LogP contribution in [-0.2, 0) is 5.88 Å². The van der Waals surface area contributed by atoms with Crippen LogP contribution in [0.15, 0.2) is 16.7 Å². The first-order valence-corrected chi connectivity index (χ1v) is 5.62. The number of benzene rings is 1. The smallest absolute Gasteiger partial charge is 0.258 e. The van der Waals surface area contributed by atoms with Crippen LogP contribution in [0.4, 0.5) is 0 Å². The van der Waals surface area contributed by atoms with E-state index in [1.165, 1.54) is 5.56 Å². The zero-order valence-electron chi connectivity index (χ0n) is 9.54. The predicted octanol–water partition coefficient (Wildman–Crippen LogP) is 3.40.